The number of nitrogens with zero attached hydrogens (tertiary/aromatic N) is 4. The van der Waals surface area contributed by atoms with E-state index < -0.39 is 0 Å². The molecule has 0 fully saturated rings. The average Bonchev–Trinajstić information content (AvgIpc) is 2.88. The Labute approximate surface area is 132 Å². The fourth-order valence-corrected chi connectivity index (χ4v) is 1.53. The van der Waals surface area contributed by atoms with Gasteiger partial charge in [-0.1, -0.05) is 6.92 Å². The lowest BCUT2D eigenvalue weighted by molar-refractivity contribution is 0.597. The molecule has 0 spiro atoms. The van der Waals surface area contributed by atoms with E-state index in [1.54, 1.807) is 12.7 Å². The average molecular weight is 380 g/mol. The van der Waals surface area contributed by atoms with Crippen LogP contribution >= 0.6 is 24.0 Å². The molecule has 1 aromatic rings. The number of aromatic nitrogens is 3. The molecule has 0 aliphatic rings. The molecule has 0 amide bonds. The highest BCUT2D eigenvalue weighted by molar-refractivity contribution is 14.0. The fraction of sp³-hybridized carbons (Fsp3) is 0.750. The summed E-state index contributed by atoms with van der Waals surface area (Å²) < 4.78 is 2.00. The van der Waals surface area contributed by atoms with Crippen molar-refractivity contribution < 1.29 is 0 Å². The summed E-state index contributed by atoms with van der Waals surface area (Å²) >= 11 is 0. The van der Waals surface area contributed by atoms with Crippen LogP contribution in [0.25, 0.3) is 0 Å². The first-order valence-electron chi connectivity index (χ1n) is 6.71. The molecule has 0 aliphatic carbocycles. The van der Waals surface area contributed by atoms with Crippen LogP contribution in [0.3, 0.4) is 0 Å². The molecule has 0 saturated heterocycles. The maximum Gasteiger partial charge on any atom is 0.191 e. The van der Waals surface area contributed by atoms with Crippen LogP contribution < -0.4 is 10.6 Å². The standard InChI is InChI=1S/C12H24N6.HI/c1-3-7-14-12(13-4-2)15-8-5-6-9-18-10-16-17-11-18;/h10-11H,3-9H2,1-2H3,(H2,13,14,15);1H. The molecule has 19 heavy (non-hydrogen) atoms. The van der Waals surface area contributed by atoms with Crippen molar-refractivity contribution in [3.63, 3.8) is 0 Å². The van der Waals surface area contributed by atoms with Crippen molar-refractivity contribution in [3.05, 3.63) is 12.7 Å². The van der Waals surface area contributed by atoms with Gasteiger partial charge in [0.1, 0.15) is 12.7 Å². The van der Waals surface area contributed by atoms with Gasteiger partial charge in [0.05, 0.1) is 0 Å². The van der Waals surface area contributed by atoms with E-state index in [9.17, 15) is 0 Å². The van der Waals surface area contributed by atoms with Crippen molar-refractivity contribution in [3.8, 4) is 0 Å². The number of hydrogen-bond donors (Lipinski definition) is 2. The van der Waals surface area contributed by atoms with Crippen molar-refractivity contribution >= 4 is 29.9 Å². The number of hydrogen-bond acceptors (Lipinski definition) is 3. The van der Waals surface area contributed by atoms with Crippen molar-refractivity contribution in [2.45, 2.75) is 39.7 Å². The van der Waals surface area contributed by atoms with E-state index in [0.29, 0.717) is 0 Å². The van der Waals surface area contributed by atoms with Crippen LogP contribution in [0.1, 0.15) is 33.1 Å². The van der Waals surface area contributed by atoms with Crippen LogP contribution in [0.2, 0.25) is 0 Å². The summed E-state index contributed by atoms with van der Waals surface area (Å²) in [4.78, 5) is 4.45. The summed E-state index contributed by atoms with van der Waals surface area (Å²) in [6.07, 6.45) is 6.79. The van der Waals surface area contributed by atoms with E-state index >= 15 is 0 Å². The van der Waals surface area contributed by atoms with Gasteiger partial charge in [0.25, 0.3) is 0 Å². The molecule has 0 aromatic carbocycles. The summed E-state index contributed by atoms with van der Waals surface area (Å²) in [5.74, 6) is 0.920. The Morgan fingerprint density at radius 1 is 1.16 bits per heavy atom. The lowest BCUT2D eigenvalue weighted by atomic mass is 10.3. The topological polar surface area (TPSA) is 67.1 Å². The van der Waals surface area contributed by atoms with Gasteiger partial charge in [0, 0.05) is 26.2 Å². The number of halogens is 1. The molecular weight excluding hydrogens is 355 g/mol. The predicted octanol–water partition coefficient (Wildman–Crippen LogP) is 1.64. The monoisotopic (exact) mass is 380 g/mol. The molecule has 1 heterocycles. The van der Waals surface area contributed by atoms with Gasteiger partial charge in [-0.15, -0.1) is 34.2 Å². The summed E-state index contributed by atoms with van der Waals surface area (Å²) in [7, 11) is 0. The molecular formula is C12H25IN6. The molecule has 0 aliphatic heterocycles. The van der Waals surface area contributed by atoms with E-state index in [0.717, 1.165) is 51.4 Å². The van der Waals surface area contributed by atoms with E-state index in [4.69, 9.17) is 0 Å². The number of aryl methyl sites for hydroxylation is 1. The second-order valence-corrected chi connectivity index (χ2v) is 4.09. The second-order valence-electron chi connectivity index (χ2n) is 4.09. The number of nitrogens with one attached hydrogen (secondary N) is 2. The minimum absolute atomic E-state index is 0. The summed E-state index contributed by atoms with van der Waals surface area (Å²) in [6, 6.07) is 0. The van der Waals surface area contributed by atoms with E-state index in [1.807, 2.05) is 4.57 Å². The third-order valence-electron chi connectivity index (χ3n) is 2.44. The summed E-state index contributed by atoms with van der Waals surface area (Å²) in [5.41, 5.74) is 0. The minimum Gasteiger partial charge on any atom is -0.357 e. The van der Waals surface area contributed by atoms with E-state index in [1.165, 1.54) is 0 Å². The molecule has 0 bridgehead atoms. The molecule has 7 heteroatoms. The zero-order valence-electron chi connectivity index (χ0n) is 11.8. The zero-order chi connectivity index (χ0) is 13.1. The Kier molecular flexibility index (Phi) is 11.6. The van der Waals surface area contributed by atoms with Gasteiger partial charge in [0.15, 0.2) is 5.96 Å². The maximum absolute atomic E-state index is 4.45. The van der Waals surface area contributed by atoms with Crippen molar-refractivity contribution in [1.82, 2.24) is 25.4 Å². The lowest BCUT2D eigenvalue weighted by Gasteiger charge is -2.10. The zero-order valence-corrected chi connectivity index (χ0v) is 14.1. The number of aliphatic imine (C=N–C) groups is 1. The maximum atomic E-state index is 4.45. The van der Waals surface area contributed by atoms with Gasteiger partial charge >= 0.3 is 0 Å². The lowest BCUT2D eigenvalue weighted by Crippen LogP contribution is -2.37. The highest BCUT2D eigenvalue weighted by atomic mass is 127. The van der Waals surface area contributed by atoms with Crippen LogP contribution in [-0.2, 0) is 6.54 Å². The second kappa shape index (κ2) is 12.2. The van der Waals surface area contributed by atoms with E-state index in [2.05, 4.69) is 39.7 Å². The molecule has 0 radical (unpaired) electrons. The van der Waals surface area contributed by atoms with Crippen molar-refractivity contribution in [2.24, 2.45) is 4.99 Å². The Balaban J connectivity index is 0.00000324. The summed E-state index contributed by atoms with van der Waals surface area (Å²) in [5, 5.41) is 14.1. The van der Waals surface area contributed by atoms with Crippen LogP contribution in [0.5, 0.6) is 0 Å². The molecule has 2 N–H and O–H groups in total. The highest BCUT2D eigenvalue weighted by Gasteiger charge is 1.96. The van der Waals surface area contributed by atoms with Gasteiger partial charge in [-0.25, -0.2) is 0 Å². The van der Waals surface area contributed by atoms with Crippen LogP contribution in [0.4, 0.5) is 0 Å². The van der Waals surface area contributed by atoms with Gasteiger partial charge in [0.2, 0.25) is 0 Å². The molecule has 1 rings (SSSR count). The van der Waals surface area contributed by atoms with Gasteiger partial charge < -0.3 is 15.2 Å². The molecule has 0 atom stereocenters. The van der Waals surface area contributed by atoms with E-state index in [-0.39, 0.29) is 24.0 Å². The summed E-state index contributed by atoms with van der Waals surface area (Å²) in [6.45, 7) is 7.89. The first-order chi connectivity index (χ1) is 8.86. The largest absolute Gasteiger partial charge is 0.357 e. The number of unbranched alkanes of at least 4 members (excludes halogenated alkanes) is 1. The molecule has 0 unspecified atom stereocenters. The highest BCUT2D eigenvalue weighted by Crippen LogP contribution is 1.92. The Hall–Kier alpha value is -0.860. The first-order valence-corrected chi connectivity index (χ1v) is 6.71. The first kappa shape index (κ1) is 18.1. The predicted molar refractivity (Wildman–Crippen MR) is 88.9 cm³/mol. The SMILES string of the molecule is CCCN=C(NCC)NCCCCn1cnnc1.I. The third-order valence-corrected chi connectivity index (χ3v) is 2.44. The number of rotatable bonds is 8. The Bertz CT molecular complexity index is 325. The van der Waals surface area contributed by atoms with Crippen molar-refractivity contribution in [1.29, 1.82) is 0 Å². The molecule has 110 valence electrons. The van der Waals surface area contributed by atoms with Gasteiger partial charge in [-0.3, -0.25) is 4.99 Å². The Morgan fingerprint density at radius 3 is 2.53 bits per heavy atom. The van der Waals surface area contributed by atoms with Crippen LogP contribution in [0, 0.1) is 0 Å². The third kappa shape index (κ3) is 8.79. The Morgan fingerprint density at radius 2 is 1.89 bits per heavy atom. The number of guanidine groups is 1. The molecule has 0 saturated carbocycles. The molecule has 1 aromatic heterocycles. The normalized spacial score (nSPS) is 10.9. The van der Waals surface area contributed by atoms with Crippen LogP contribution in [0.15, 0.2) is 17.6 Å². The quantitative estimate of drug-likeness (QED) is 0.312. The smallest absolute Gasteiger partial charge is 0.191 e. The van der Waals surface area contributed by atoms with Gasteiger partial charge in [-0.05, 0) is 26.2 Å². The van der Waals surface area contributed by atoms with Gasteiger partial charge in [-0.2, -0.15) is 0 Å². The van der Waals surface area contributed by atoms with Crippen LogP contribution in [-0.4, -0.2) is 40.4 Å². The van der Waals surface area contributed by atoms with Crippen molar-refractivity contribution in [2.75, 3.05) is 19.6 Å². The molecule has 6 nitrogen and oxygen atoms in total. The minimum atomic E-state index is 0. The fourth-order valence-electron chi connectivity index (χ4n) is 1.53.